The van der Waals surface area contributed by atoms with Crippen molar-refractivity contribution < 1.29 is 28.8 Å². The van der Waals surface area contributed by atoms with Crippen molar-refractivity contribution in [2.24, 2.45) is 5.14 Å². The van der Waals surface area contributed by atoms with E-state index in [0.29, 0.717) is 11.2 Å². The monoisotopic (exact) mass is 347 g/mol. The number of rotatable bonds is 2. The van der Waals surface area contributed by atoms with E-state index >= 15 is 0 Å². The molecule has 0 aliphatic carbocycles. The third-order valence-corrected chi connectivity index (χ3v) is 3.18. The summed E-state index contributed by atoms with van der Waals surface area (Å²) in [7, 11) is 0. The van der Waals surface area contributed by atoms with Crippen LogP contribution in [0, 0.1) is 0 Å². The molecule has 1 unspecified atom stereocenters. The van der Waals surface area contributed by atoms with E-state index in [1.165, 1.54) is 17.2 Å². The molecule has 3 rings (SSSR count). The van der Waals surface area contributed by atoms with Crippen LogP contribution in [-0.2, 0) is 16.0 Å². The summed E-state index contributed by atoms with van der Waals surface area (Å²) in [5.41, 5.74) is 6.44. The van der Waals surface area contributed by atoms with E-state index in [1.807, 2.05) is 0 Å². The Balaban J connectivity index is 0.000000433. The maximum Gasteiger partial charge on any atom is 0.167 e. The smallest absolute Gasteiger partial charge is 0.167 e. The molecule has 5 atom stereocenters. The average Bonchev–Trinajstić information content (AvgIpc) is 3.02. The molecular weight excluding hydrogens is 332 g/mol. The van der Waals surface area contributed by atoms with E-state index in [9.17, 15) is 10.2 Å². The number of hydrogen-bond donors (Lipinski definition) is 5. The first-order chi connectivity index (χ1) is 10.9. The van der Waals surface area contributed by atoms with Crippen LogP contribution < -0.4 is 10.9 Å². The van der Waals surface area contributed by atoms with E-state index in [1.54, 1.807) is 0 Å². The van der Waals surface area contributed by atoms with Gasteiger partial charge in [-0.2, -0.15) is 0 Å². The van der Waals surface area contributed by atoms with Gasteiger partial charge in [0.1, 0.15) is 30.2 Å². The summed E-state index contributed by atoms with van der Waals surface area (Å²) in [5, 5.41) is 32.8. The molecule has 2 aromatic heterocycles. The summed E-state index contributed by atoms with van der Waals surface area (Å²) in [6.45, 7) is -0.390. The largest absolute Gasteiger partial charge is 0.760 e. The second-order valence-corrected chi connectivity index (χ2v) is 5.09. The van der Waals surface area contributed by atoms with Crippen molar-refractivity contribution in [2.45, 2.75) is 24.5 Å². The number of aliphatic hydroxyl groups is 3. The van der Waals surface area contributed by atoms with Gasteiger partial charge in [0.25, 0.3) is 0 Å². The molecular formula is C10H15N6O6S-. The molecule has 0 radical (unpaired) electrons. The molecule has 0 bridgehead atoms. The van der Waals surface area contributed by atoms with E-state index in [2.05, 4.69) is 20.1 Å². The maximum absolute atomic E-state index is 9.95. The number of nitrogens with zero attached hydrogens (tertiary/aromatic N) is 4. The van der Waals surface area contributed by atoms with E-state index in [4.69, 9.17) is 24.3 Å². The van der Waals surface area contributed by atoms with Crippen molar-refractivity contribution in [3.8, 4) is 0 Å². The van der Waals surface area contributed by atoms with Crippen LogP contribution in [0.4, 0.5) is 5.82 Å². The minimum absolute atomic E-state index is 0.218. The minimum Gasteiger partial charge on any atom is -0.760 e. The van der Waals surface area contributed by atoms with E-state index in [0.717, 1.165) is 0 Å². The van der Waals surface area contributed by atoms with Crippen molar-refractivity contribution in [2.75, 3.05) is 12.3 Å². The van der Waals surface area contributed by atoms with Gasteiger partial charge in [0.05, 0.1) is 12.9 Å². The van der Waals surface area contributed by atoms with Gasteiger partial charge in [0.15, 0.2) is 17.7 Å². The Kier molecular flexibility index (Phi) is 5.53. The molecule has 0 spiro atoms. The number of aromatic nitrogens is 4. The zero-order chi connectivity index (χ0) is 17.1. The molecule has 1 aliphatic rings. The van der Waals surface area contributed by atoms with Crippen molar-refractivity contribution in [1.82, 2.24) is 19.5 Å². The van der Waals surface area contributed by atoms with Gasteiger partial charge in [-0.3, -0.25) is 13.9 Å². The minimum atomic E-state index is -2.36. The second-order valence-electron chi connectivity index (χ2n) is 4.57. The Labute approximate surface area is 132 Å². The number of nitrogens with two attached hydrogens (primary N) is 2. The number of ether oxygens (including phenoxy) is 1. The highest BCUT2D eigenvalue weighted by Crippen LogP contribution is 2.31. The standard InChI is InChI=1S/C10H13N5O4.H3NO2S/c11-8-5-9(13-2-12-8)15(3-14-5)10-7(18)6(17)4(1-16)19-10;1-4(2)3/h2-4,6-7,10,16-18H,1H2,(H2,11,12,13);1H2,(H,2,3)/p-1/t4-,6-,7-,10-;/m1./s1. The average molecular weight is 347 g/mol. The third kappa shape index (κ3) is 3.61. The van der Waals surface area contributed by atoms with E-state index in [-0.39, 0.29) is 5.82 Å². The third-order valence-electron chi connectivity index (χ3n) is 3.18. The SMILES string of the molecule is NS(=O)[O-].Nc1ncnc2c1ncn2[C@@H]1O[C@H](CO)[C@@H](O)[C@H]1O. The maximum atomic E-state index is 9.95. The second kappa shape index (κ2) is 7.22. The number of anilines is 1. The fraction of sp³-hybridized carbons (Fsp3) is 0.500. The lowest BCUT2D eigenvalue weighted by atomic mass is 10.1. The Bertz CT molecular complexity index is 694. The molecule has 1 saturated heterocycles. The summed E-state index contributed by atoms with van der Waals surface area (Å²) in [4.78, 5) is 11.9. The molecule has 0 amide bonds. The van der Waals surface area contributed by atoms with Crippen molar-refractivity contribution >= 4 is 28.2 Å². The summed E-state index contributed by atoms with van der Waals surface area (Å²) < 4.78 is 24.4. The fourth-order valence-corrected chi connectivity index (χ4v) is 2.17. The topological polar surface area (TPSA) is 206 Å². The summed E-state index contributed by atoms with van der Waals surface area (Å²) in [6, 6.07) is 0. The number of nitrogen functional groups attached to an aromatic ring is 1. The van der Waals surface area contributed by atoms with Crippen LogP contribution in [0.3, 0.4) is 0 Å². The molecule has 1 aliphatic heterocycles. The van der Waals surface area contributed by atoms with Gasteiger partial charge in [0.2, 0.25) is 0 Å². The van der Waals surface area contributed by atoms with Crippen LogP contribution in [0.1, 0.15) is 6.23 Å². The zero-order valence-electron chi connectivity index (χ0n) is 11.6. The quantitative estimate of drug-likeness (QED) is 0.343. The molecule has 7 N–H and O–H groups in total. The molecule has 3 heterocycles. The number of aliphatic hydroxyl groups excluding tert-OH is 3. The molecule has 0 saturated carbocycles. The van der Waals surface area contributed by atoms with Crippen LogP contribution in [0.25, 0.3) is 11.2 Å². The van der Waals surface area contributed by atoms with Gasteiger partial charge in [0, 0.05) is 11.3 Å². The van der Waals surface area contributed by atoms with Crippen molar-refractivity contribution in [1.29, 1.82) is 0 Å². The Morgan fingerprint density at radius 3 is 2.57 bits per heavy atom. The number of imidazole rings is 1. The first-order valence-electron chi connectivity index (χ1n) is 6.26. The molecule has 23 heavy (non-hydrogen) atoms. The lowest BCUT2D eigenvalue weighted by Gasteiger charge is -2.16. The predicted octanol–water partition coefficient (Wildman–Crippen LogP) is -3.24. The number of hydrogen-bond acceptors (Lipinski definition) is 10. The zero-order valence-corrected chi connectivity index (χ0v) is 12.4. The van der Waals surface area contributed by atoms with Crippen LogP contribution in [-0.4, -0.2) is 68.5 Å². The van der Waals surface area contributed by atoms with Gasteiger partial charge in [-0.25, -0.2) is 15.0 Å². The number of fused-ring (bicyclic) bond motifs is 1. The van der Waals surface area contributed by atoms with Gasteiger partial charge in [-0.05, 0) is 0 Å². The van der Waals surface area contributed by atoms with Gasteiger partial charge in [-0.1, -0.05) is 0 Å². The highest BCUT2D eigenvalue weighted by Gasteiger charge is 2.43. The normalized spacial score (nSPS) is 28.4. The van der Waals surface area contributed by atoms with Gasteiger partial charge >= 0.3 is 0 Å². The molecule has 12 nitrogen and oxygen atoms in total. The lowest BCUT2D eigenvalue weighted by Crippen LogP contribution is -2.33. The van der Waals surface area contributed by atoms with Crippen LogP contribution >= 0.6 is 0 Å². The van der Waals surface area contributed by atoms with E-state index < -0.39 is 42.4 Å². The van der Waals surface area contributed by atoms with Crippen LogP contribution in [0.15, 0.2) is 12.7 Å². The first-order valence-corrected chi connectivity index (χ1v) is 7.39. The summed E-state index contributed by atoms with van der Waals surface area (Å²) >= 11 is -2.36. The lowest BCUT2D eigenvalue weighted by molar-refractivity contribution is -0.0511. The molecule has 13 heteroatoms. The molecule has 1 fully saturated rings. The Morgan fingerprint density at radius 1 is 1.35 bits per heavy atom. The summed E-state index contributed by atoms with van der Waals surface area (Å²) in [6.07, 6.45) is -1.42. The van der Waals surface area contributed by atoms with Crippen molar-refractivity contribution in [3.63, 3.8) is 0 Å². The van der Waals surface area contributed by atoms with Gasteiger partial charge in [-0.15, -0.1) is 0 Å². The highest BCUT2D eigenvalue weighted by molar-refractivity contribution is 7.76. The molecule has 128 valence electrons. The summed E-state index contributed by atoms with van der Waals surface area (Å²) in [5.74, 6) is 0.218. The fourth-order valence-electron chi connectivity index (χ4n) is 2.17. The van der Waals surface area contributed by atoms with Crippen LogP contribution in [0.5, 0.6) is 0 Å². The Morgan fingerprint density at radius 2 is 2.00 bits per heavy atom. The van der Waals surface area contributed by atoms with Crippen molar-refractivity contribution in [3.05, 3.63) is 12.7 Å². The predicted molar refractivity (Wildman–Crippen MR) is 75.9 cm³/mol. The molecule has 0 aromatic carbocycles. The highest BCUT2D eigenvalue weighted by atomic mass is 32.2. The molecule has 2 aromatic rings. The van der Waals surface area contributed by atoms with Gasteiger partial charge < -0.3 is 30.3 Å². The van der Waals surface area contributed by atoms with Crippen LogP contribution in [0.2, 0.25) is 0 Å². The first kappa shape index (κ1) is 17.6. The Hall–Kier alpha value is -1.74.